The maximum absolute atomic E-state index is 13.8. The summed E-state index contributed by atoms with van der Waals surface area (Å²) >= 11 is 6.10. The molecule has 0 radical (unpaired) electrons. The van der Waals surface area contributed by atoms with Gasteiger partial charge in [-0.05, 0) is 55.2 Å². The fourth-order valence-corrected chi connectivity index (χ4v) is 5.65. The van der Waals surface area contributed by atoms with Crippen molar-refractivity contribution in [3.05, 3.63) is 101 Å². The van der Waals surface area contributed by atoms with Crippen molar-refractivity contribution >= 4 is 39.1 Å². The summed E-state index contributed by atoms with van der Waals surface area (Å²) in [4.78, 5) is 29.0. The Balaban J connectivity index is 1.86. The number of rotatable bonds is 15. The number of nitrogens with zero attached hydrogens (tertiary/aromatic N) is 2. The predicted octanol–water partition coefficient (Wildman–Crippen LogP) is 5.75. The quantitative estimate of drug-likeness (QED) is 0.226. The van der Waals surface area contributed by atoms with E-state index in [4.69, 9.17) is 11.6 Å². The van der Waals surface area contributed by atoms with Crippen molar-refractivity contribution in [1.82, 2.24) is 10.2 Å². The fourth-order valence-electron chi connectivity index (χ4n) is 4.56. The third-order valence-electron chi connectivity index (χ3n) is 6.84. The molecule has 41 heavy (non-hydrogen) atoms. The lowest BCUT2D eigenvalue weighted by Gasteiger charge is -2.32. The van der Waals surface area contributed by atoms with Gasteiger partial charge in [0.05, 0.1) is 11.9 Å². The first-order valence-corrected chi connectivity index (χ1v) is 16.2. The minimum absolute atomic E-state index is 0.0823. The van der Waals surface area contributed by atoms with Gasteiger partial charge in [-0.3, -0.25) is 13.9 Å². The third-order valence-corrected chi connectivity index (χ3v) is 8.29. The highest BCUT2D eigenvalue weighted by molar-refractivity contribution is 7.92. The SMILES string of the molecule is CCCCNC(=O)[C@@H](Cc1ccccc1)N(Cc1ccc(Cl)cc1)C(=O)CCCN(c1ccc(C)cc1)S(C)(=O)=O. The van der Waals surface area contributed by atoms with Gasteiger partial charge < -0.3 is 10.2 Å². The van der Waals surface area contributed by atoms with Gasteiger partial charge in [0.1, 0.15) is 6.04 Å². The number of nitrogens with one attached hydrogen (secondary N) is 1. The van der Waals surface area contributed by atoms with Crippen LogP contribution in [0.5, 0.6) is 0 Å². The molecule has 3 rings (SSSR count). The Morgan fingerprint density at radius 1 is 0.902 bits per heavy atom. The molecule has 2 amide bonds. The summed E-state index contributed by atoms with van der Waals surface area (Å²) in [5.41, 5.74) is 3.37. The lowest BCUT2D eigenvalue weighted by atomic mass is 10.0. The number of amides is 2. The zero-order valence-corrected chi connectivity index (χ0v) is 25.6. The molecule has 0 unspecified atom stereocenters. The maximum atomic E-state index is 13.8. The maximum Gasteiger partial charge on any atom is 0.243 e. The average Bonchev–Trinajstić information content (AvgIpc) is 2.94. The first-order chi connectivity index (χ1) is 19.6. The van der Waals surface area contributed by atoms with E-state index in [9.17, 15) is 18.0 Å². The van der Waals surface area contributed by atoms with Crippen LogP contribution in [-0.4, -0.2) is 50.5 Å². The molecule has 0 bridgehead atoms. The topological polar surface area (TPSA) is 86.8 Å². The molecule has 0 aliphatic rings. The standard InChI is InChI=1S/C32H40ClN3O4S/c1-4-5-21-34-32(38)30(23-26-10-7-6-8-11-26)35(24-27-15-17-28(33)18-16-27)31(37)12-9-22-36(41(3,39)40)29-19-13-25(2)14-20-29/h6-8,10-11,13-20,30H,4-5,9,12,21-24H2,1-3H3,(H,34,38)/t30-/m1/s1. The summed E-state index contributed by atoms with van der Waals surface area (Å²) in [5.74, 6) is -0.425. The van der Waals surface area contributed by atoms with E-state index in [-0.39, 0.29) is 31.3 Å². The molecule has 0 saturated carbocycles. The molecule has 3 aromatic rings. The number of halogens is 1. The molecular formula is C32H40ClN3O4S. The van der Waals surface area contributed by atoms with Gasteiger partial charge in [-0.25, -0.2) is 8.42 Å². The summed E-state index contributed by atoms with van der Waals surface area (Å²) in [7, 11) is -3.55. The number of aryl methyl sites for hydroxylation is 1. The van der Waals surface area contributed by atoms with E-state index in [1.165, 1.54) is 4.31 Å². The Morgan fingerprint density at radius 2 is 1.56 bits per heavy atom. The smallest absolute Gasteiger partial charge is 0.243 e. The highest BCUT2D eigenvalue weighted by Crippen LogP contribution is 2.21. The Kier molecular flexibility index (Phi) is 12.2. The van der Waals surface area contributed by atoms with Crippen molar-refractivity contribution in [2.45, 2.75) is 58.5 Å². The van der Waals surface area contributed by atoms with Crippen molar-refractivity contribution < 1.29 is 18.0 Å². The molecule has 220 valence electrons. The van der Waals surface area contributed by atoms with E-state index in [1.807, 2.05) is 61.5 Å². The van der Waals surface area contributed by atoms with Crippen LogP contribution >= 0.6 is 11.6 Å². The molecule has 9 heteroatoms. The molecule has 1 N–H and O–H groups in total. The van der Waals surface area contributed by atoms with Crippen LogP contribution in [0.1, 0.15) is 49.3 Å². The summed E-state index contributed by atoms with van der Waals surface area (Å²) < 4.78 is 26.5. The van der Waals surface area contributed by atoms with Crippen LogP contribution in [0, 0.1) is 6.92 Å². The number of hydrogen-bond acceptors (Lipinski definition) is 4. The van der Waals surface area contributed by atoms with Gasteiger partial charge in [-0.1, -0.05) is 85.1 Å². The molecule has 0 aromatic heterocycles. The van der Waals surface area contributed by atoms with Crippen LogP contribution in [0.4, 0.5) is 5.69 Å². The van der Waals surface area contributed by atoms with Gasteiger partial charge in [-0.15, -0.1) is 0 Å². The molecule has 3 aromatic carbocycles. The van der Waals surface area contributed by atoms with Gasteiger partial charge in [0.25, 0.3) is 0 Å². The molecule has 1 atom stereocenters. The Labute approximate surface area is 249 Å². The Bertz CT molecular complexity index is 1360. The molecule has 0 aliphatic heterocycles. The molecule has 7 nitrogen and oxygen atoms in total. The van der Waals surface area contributed by atoms with E-state index in [0.29, 0.717) is 30.1 Å². The van der Waals surface area contributed by atoms with Gasteiger partial charge >= 0.3 is 0 Å². The summed E-state index contributed by atoms with van der Waals surface area (Å²) in [6.07, 6.45) is 3.69. The molecule has 0 saturated heterocycles. The fraction of sp³-hybridized carbons (Fsp3) is 0.375. The highest BCUT2D eigenvalue weighted by Gasteiger charge is 2.30. The van der Waals surface area contributed by atoms with Crippen molar-refractivity contribution in [3.63, 3.8) is 0 Å². The highest BCUT2D eigenvalue weighted by atomic mass is 35.5. The van der Waals surface area contributed by atoms with Gasteiger partial charge in [-0.2, -0.15) is 0 Å². The van der Waals surface area contributed by atoms with Crippen LogP contribution in [-0.2, 0) is 32.6 Å². The van der Waals surface area contributed by atoms with Gasteiger partial charge in [0.15, 0.2) is 0 Å². The van der Waals surface area contributed by atoms with Crippen LogP contribution in [0.25, 0.3) is 0 Å². The molecule has 0 heterocycles. The zero-order chi connectivity index (χ0) is 29.8. The first-order valence-electron chi connectivity index (χ1n) is 14.0. The third kappa shape index (κ3) is 10.2. The van der Waals surface area contributed by atoms with E-state index < -0.39 is 16.1 Å². The van der Waals surface area contributed by atoms with E-state index in [2.05, 4.69) is 12.2 Å². The monoisotopic (exact) mass is 597 g/mol. The minimum atomic E-state index is -3.55. The molecular weight excluding hydrogens is 558 g/mol. The van der Waals surface area contributed by atoms with Crippen LogP contribution in [0.15, 0.2) is 78.9 Å². The van der Waals surface area contributed by atoms with E-state index in [1.54, 1.807) is 29.2 Å². The van der Waals surface area contributed by atoms with E-state index in [0.717, 1.165) is 35.8 Å². The second-order valence-corrected chi connectivity index (χ2v) is 12.6. The number of unbranched alkanes of at least 4 members (excludes halogenated alkanes) is 1. The number of sulfonamides is 1. The van der Waals surface area contributed by atoms with Crippen molar-refractivity contribution in [3.8, 4) is 0 Å². The van der Waals surface area contributed by atoms with Gasteiger partial charge in [0, 0.05) is 37.5 Å². The number of carbonyl (C=O) groups excluding carboxylic acids is 2. The largest absolute Gasteiger partial charge is 0.354 e. The van der Waals surface area contributed by atoms with Crippen LogP contribution in [0.2, 0.25) is 5.02 Å². The Morgan fingerprint density at radius 3 is 2.17 bits per heavy atom. The number of carbonyl (C=O) groups is 2. The van der Waals surface area contributed by atoms with Crippen molar-refractivity contribution in [1.29, 1.82) is 0 Å². The van der Waals surface area contributed by atoms with Crippen molar-refractivity contribution in [2.75, 3.05) is 23.7 Å². The number of anilines is 1. The van der Waals surface area contributed by atoms with Crippen molar-refractivity contribution in [2.24, 2.45) is 0 Å². The summed E-state index contributed by atoms with van der Waals surface area (Å²) in [5, 5.41) is 3.60. The summed E-state index contributed by atoms with van der Waals surface area (Å²) in [6, 6.07) is 23.4. The van der Waals surface area contributed by atoms with E-state index >= 15 is 0 Å². The lowest BCUT2D eigenvalue weighted by molar-refractivity contribution is -0.141. The number of hydrogen-bond donors (Lipinski definition) is 1. The van der Waals surface area contributed by atoms with Crippen LogP contribution in [0.3, 0.4) is 0 Å². The van der Waals surface area contributed by atoms with Crippen LogP contribution < -0.4 is 9.62 Å². The second kappa shape index (κ2) is 15.6. The number of benzene rings is 3. The second-order valence-electron chi connectivity index (χ2n) is 10.3. The molecule has 0 aliphatic carbocycles. The Hall–Kier alpha value is -3.36. The molecule has 0 spiro atoms. The summed E-state index contributed by atoms with van der Waals surface area (Å²) in [6.45, 7) is 4.90. The lowest BCUT2D eigenvalue weighted by Crippen LogP contribution is -2.50. The first kappa shape index (κ1) is 32.2. The predicted molar refractivity (Wildman–Crippen MR) is 166 cm³/mol. The minimum Gasteiger partial charge on any atom is -0.354 e. The van der Waals surface area contributed by atoms with Gasteiger partial charge in [0.2, 0.25) is 21.8 Å². The molecule has 0 fully saturated rings. The average molecular weight is 598 g/mol. The zero-order valence-electron chi connectivity index (χ0n) is 24.1. The normalized spacial score (nSPS) is 12.0.